The molecule has 1 aliphatic rings. The fraction of sp³-hybridized carbons (Fsp3) is 0.391. The van der Waals surface area contributed by atoms with Crippen molar-refractivity contribution in [2.24, 2.45) is 5.41 Å². The van der Waals surface area contributed by atoms with Crippen LogP contribution in [0.5, 0.6) is 0 Å². The Morgan fingerprint density at radius 1 is 0.964 bits per heavy atom. The first-order chi connectivity index (χ1) is 13.5. The van der Waals surface area contributed by atoms with Gasteiger partial charge >= 0.3 is 6.03 Å². The summed E-state index contributed by atoms with van der Waals surface area (Å²) in [5.74, 6) is 0.00799. The third-order valence-electron chi connectivity index (χ3n) is 5.39. The number of aryl methyl sites for hydroxylation is 1. The predicted octanol–water partition coefficient (Wildman–Crippen LogP) is 3.62. The Balaban J connectivity index is 1.53. The highest BCUT2D eigenvalue weighted by atomic mass is 16.2. The minimum atomic E-state index is -0.562. The Hall–Kier alpha value is -2.82. The summed E-state index contributed by atoms with van der Waals surface area (Å²) in [6.07, 6.45) is 1.61. The maximum Gasteiger partial charge on any atom is 0.317 e. The Bertz CT molecular complexity index is 804. The van der Waals surface area contributed by atoms with Crippen molar-refractivity contribution in [1.29, 1.82) is 0 Å². The number of piperidine rings is 1. The molecule has 0 radical (unpaired) electrons. The molecule has 2 aromatic rings. The number of benzene rings is 2. The SMILES string of the molecule is Cc1ccc(CNC(=O)[C@@]2(C)CCCN(C(=O)NCc3ccccc3)C2)cc1. The number of rotatable bonds is 5. The first-order valence-electron chi connectivity index (χ1n) is 9.87. The van der Waals surface area contributed by atoms with Crippen molar-refractivity contribution in [2.45, 2.75) is 39.8 Å². The van der Waals surface area contributed by atoms with Gasteiger partial charge in [-0.15, -0.1) is 0 Å². The van der Waals surface area contributed by atoms with Crippen molar-refractivity contribution >= 4 is 11.9 Å². The molecule has 5 nitrogen and oxygen atoms in total. The summed E-state index contributed by atoms with van der Waals surface area (Å²) in [6.45, 7) is 6.12. The van der Waals surface area contributed by atoms with Crippen molar-refractivity contribution in [3.63, 3.8) is 0 Å². The maximum absolute atomic E-state index is 12.8. The van der Waals surface area contributed by atoms with Gasteiger partial charge in [-0.25, -0.2) is 4.79 Å². The lowest BCUT2D eigenvalue weighted by Gasteiger charge is -2.39. The van der Waals surface area contributed by atoms with E-state index in [1.165, 1.54) is 5.56 Å². The Morgan fingerprint density at radius 2 is 1.61 bits per heavy atom. The van der Waals surface area contributed by atoms with Crippen LogP contribution >= 0.6 is 0 Å². The molecule has 3 amide bonds. The molecule has 148 valence electrons. The summed E-state index contributed by atoms with van der Waals surface area (Å²) in [6, 6.07) is 17.9. The molecule has 1 aliphatic heterocycles. The molecular formula is C23H29N3O2. The van der Waals surface area contributed by atoms with E-state index < -0.39 is 5.41 Å². The highest BCUT2D eigenvalue weighted by Crippen LogP contribution is 2.30. The van der Waals surface area contributed by atoms with Gasteiger partial charge in [-0.3, -0.25) is 4.79 Å². The highest BCUT2D eigenvalue weighted by Gasteiger charge is 2.39. The van der Waals surface area contributed by atoms with Crippen LogP contribution in [0.4, 0.5) is 4.79 Å². The number of likely N-dealkylation sites (tertiary alicyclic amines) is 1. The summed E-state index contributed by atoms with van der Waals surface area (Å²) in [4.78, 5) is 27.2. The lowest BCUT2D eigenvalue weighted by Crippen LogP contribution is -2.53. The zero-order chi connectivity index (χ0) is 20.0. The van der Waals surface area contributed by atoms with Gasteiger partial charge in [0.25, 0.3) is 0 Å². The van der Waals surface area contributed by atoms with Crippen molar-refractivity contribution in [3.8, 4) is 0 Å². The lowest BCUT2D eigenvalue weighted by molar-refractivity contribution is -0.132. The van der Waals surface area contributed by atoms with Crippen LogP contribution in [0.2, 0.25) is 0 Å². The fourth-order valence-electron chi connectivity index (χ4n) is 3.59. The van der Waals surface area contributed by atoms with Gasteiger partial charge in [-0.2, -0.15) is 0 Å². The molecule has 2 N–H and O–H groups in total. The fourth-order valence-corrected chi connectivity index (χ4v) is 3.59. The van der Waals surface area contributed by atoms with Crippen LogP contribution in [0.1, 0.15) is 36.5 Å². The number of hydrogen-bond acceptors (Lipinski definition) is 2. The molecule has 0 saturated carbocycles. The van der Waals surface area contributed by atoms with Crippen LogP contribution < -0.4 is 10.6 Å². The van der Waals surface area contributed by atoms with Crippen LogP contribution in [0.25, 0.3) is 0 Å². The van der Waals surface area contributed by atoms with E-state index >= 15 is 0 Å². The second kappa shape index (κ2) is 8.91. The normalized spacial score (nSPS) is 19.1. The third-order valence-corrected chi connectivity index (χ3v) is 5.39. The van der Waals surface area contributed by atoms with Gasteiger partial charge < -0.3 is 15.5 Å². The van der Waals surface area contributed by atoms with Crippen molar-refractivity contribution < 1.29 is 9.59 Å². The molecule has 0 aromatic heterocycles. The maximum atomic E-state index is 12.8. The van der Waals surface area contributed by atoms with E-state index in [9.17, 15) is 9.59 Å². The molecule has 1 saturated heterocycles. The first-order valence-corrected chi connectivity index (χ1v) is 9.87. The van der Waals surface area contributed by atoms with E-state index in [2.05, 4.69) is 10.6 Å². The topological polar surface area (TPSA) is 61.4 Å². The molecule has 1 fully saturated rings. The molecular weight excluding hydrogens is 350 g/mol. The summed E-state index contributed by atoms with van der Waals surface area (Å²) in [7, 11) is 0. The molecule has 1 heterocycles. The quantitative estimate of drug-likeness (QED) is 0.833. The average molecular weight is 380 g/mol. The summed E-state index contributed by atoms with van der Waals surface area (Å²) >= 11 is 0. The molecule has 2 aromatic carbocycles. The third kappa shape index (κ3) is 5.12. The number of urea groups is 1. The highest BCUT2D eigenvalue weighted by molar-refractivity contribution is 5.84. The molecule has 0 bridgehead atoms. The zero-order valence-electron chi connectivity index (χ0n) is 16.7. The van der Waals surface area contributed by atoms with Gasteiger partial charge in [0.2, 0.25) is 5.91 Å². The summed E-state index contributed by atoms with van der Waals surface area (Å²) < 4.78 is 0. The van der Waals surface area contributed by atoms with Crippen molar-refractivity contribution in [2.75, 3.05) is 13.1 Å². The van der Waals surface area contributed by atoms with Gasteiger partial charge in [-0.1, -0.05) is 60.2 Å². The van der Waals surface area contributed by atoms with Gasteiger partial charge in [0, 0.05) is 26.2 Å². The van der Waals surface area contributed by atoms with Crippen molar-refractivity contribution in [1.82, 2.24) is 15.5 Å². The summed E-state index contributed by atoms with van der Waals surface area (Å²) in [5, 5.41) is 6.01. The molecule has 3 rings (SSSR count). The standard InChI is InChI=1S/C23H29N3O2/c1-18-9-11-20(12-10-18)15-24-21(27)23(2)13-6-14-26(17-23)22(28)25-16-19-7-4-3-5-8-19/h3-5,7-12H,6,13-17H2,1-2H3,(H,24,27)(H,25,28)/t23-/m0/s1. The number of carbonyl (C=O) groups is 2. The smallest absolute Gasteiger partial charge is 0.317 e. The largest absolute Gasteiger partial charge is 0.351 e. The van der Waals surface area contributed by atoms with E-state index in [1.54, 1.807) is 4.90 Å². The Morgan fingerprint density at radius 3 is 2.32 bits per heavy atom. The van der Waals surface area contributed by atoms with E-state index in [0.717, 1.165) is 24.0 Å². The van der Waals surface area contributed by atoms with E-state index in [-0.39, 0.29) is 11.9 Å². The van der Waals surface area contributed by atoms with Crippen LogP contribution in [0, 0.1) is 12.3 Å². The average Bonchev–Trinajstić information content (AvgIpc) is 2.72. The van der Waals surface area contributed by atoms with Gasteiger partial charge in [0.15, 0.2) is 0 Å². The number of amides is 3. The zero-order valence-corrected chi connectivity index (χ0v) is 16.7. The van der Waals surface area contributed by atoms with Gasteiger partial charge in [0.05, 0.1) is 5.41 Å². The van der Waals surface area contributed by atoms with E-state index in [0.29, 0.717) is 26.2 Å². The van der Waals surface area contributed by atoms with Gasteiger partial charge in [0.1, 0.15) is 0 Å². The molecule has 0 unspecified atom stereocenters. The molecule has 5 heteroatoms. The molecule has 0 spiro atoms. The minimum absolute atomic E-state index is 0.00799. The van der Waals surface area contributed by atoms with Crippen LogP contribution in [-0.2, 0) is 17.9 Å². The van der Waals surface area contributed by atoms with E-state index in [1.807, 2.05) is 68.4 Å². The second-order valence-corrected chi connectivity index (χ2v) is 7.90. The van der Waals surface area contributed by atoms with Crippen LogP contribution in [0.3, 0.4) is 0 Å². The number of nitrogens with zero attached hydrogens (tertiary/aromatic N) is 1. The van der Waals surface area contributed by atoms with Crippen molar-refractivity contribution in [3.05, 3.63) is 71.3 Å². The Labute approximate surface area is 167 Å². The first kappa shape index (κ1) is 19.9. The number of carbonyl (C=O) groups excluding carboxylic acids is 2. The summed E-state index contributed by atoms with van der Waals surface area (Å²) in [5.41, 5.74) is 2.78. The van der Waals surface area contributed by atoms with E-state index in [4.69, 9.17) is 0 Å². The molecule has 1 atom stereocenters. The van der Waals surface area contributed by atoms with Crippen LogP contribution in [0.15, 0.2) is 54.6 Å². The van der Waals surface area contributed by atoms with Crippen LogP contribution in [-0.4, -0.2) is 29.9 Å². The number of hydrogen-bond donors (Lipinski definition) is 2. The number of nitrogens with one attached hydrogen (secondary N) is 2. The molecule has 0 aliphatic carbocycles. The van der Waals surface area contributed by atoms with Gasteiger partial charge in [-0.05, 0) is 37.8 Å². The minimum Gasteiger partial charge on any atom is -0.351 e. The molecule has 28 heavy (non-hydrogen) atoms. The monoisotopic (exact) mass is 379 g/mol. The predicted molar refractivity (Wildman–Crippen MR) is 111 cm³/mol. The lowest BCUT2D eigenvalue weighted by atomic mass is 9.81. The Kier molecular flexibility index (Phi) is 6.34. The second-order valence-electron chi connectivity index (χ2n) is 7.90.